The third kappa shape index (κ3) is 9.07. The molecule has 0 radical (unpaired) electrons. The Labute approximate surface area is 203 Å². The lowest BCUT2D eigenvalue weighted by atomic mass is 9.95. The van der Waals surface area contributed by atoms with Crippen LogP contribution in [0.4, 0.5) is 0 Å². The molecule has 0 aliphatic rings. The molecule has 2 atom stereocenters. The number of thiophene rings is 1. The number of aliphatic hydroxyl groups is 2. The van der Waals surface area contributed by atoms with Gasteiger partial charge >= 0.3 is 5.97 Å². The van der Waals surface area contributed by atoms with Crippen LogP contribution in [0.5, 0.6) is 0 Å². The summed E-state index contributed by atoms with van der Waals surface area (Å²) in [7, 11) is 0. The van der Waals surface area contributed by atoms with Gasteiger partial charge in [-0.15, -0.1) is 11.3 Å². The van der Waals surface area contributed by atoms with E-state index in [9.17, 15) is 15.0 Å². The molecule has 0 aliphatic carbocycles. The quantitative estimate of drug-likeness (QED) is 0.243. The standard InChI is InChI=1S/C28H40O4S/c1-4-5-6-7-8-12-15-24-25(17-16-22(29)18-23(30)19-26(31)32)27(20(2)3)33-28(24)21-13-10-9-11-14-21/h9-11,13-14,16-17,20,22-23,29-30H,4-8,12,15,18-19H2,1-3H3,(H,31,32)/b17-16+/t22-,23-/m1/s1. The molecule has 0 saturated carbocycles. The molecule has 0 spiro atoms. The van der Waals surface area contributed by atoms with Gasteiger partial charge in [0.2, 0.25) is 0 Å². The Kier molecular flexibility index (Phi) is 11.9. The third-order valence-electron chi connectivity index (χ3n) is 5.83. The molecular formula is C28H40O4S. The van der Waals surface area contributed by atoms with Crippen LogP contribution in [0.15, 0.2) is 36.4 Å². The predicted octanol–water partition coefficient (Wildman–Crippen LogP) is 7.04. The minimum absolute atomic E-state index is 0.0161. The second-order valence-corrected chi connectivity index (χ2v) is 10.2. The molecule has 0 aliphatic heterocycles. The zero-order valence-electron chi connectivity index (χ0n) is 20.3. The van der Waals surface area contributed by atoms with Gasteiger partial charge in [-0.3, -0.25) is 4.79 Å². The van der Waals surface area contributed by atoms with E-state index in [1.165, 1.54) is 58.5 Å². The maximum absolute atomic E-state index is 10.8. The van der Waals surface area contributed by atoms with Crippen molar-refractivity contribution < 1.29 is 20.1 Å². The smallest absolute Gasteiger partial charge is 0.305 e. The average Bonchev–Trinajstić information content (AvgIpc) is 3.13. The van der Waals surface area contributed by atoms with Crippen LogP contribution >= 0.6 is 11.3 Å². The summed E-state index contributed by atoms with van der Waals surface area (Å²) < 4.78 is 0. The van der Waals surface area contributed by atoms with Gasteiger partial charge in [-0.1, -0.05) is 95.4 Å². The van der Waals surface area contributed by atoms with Crippen molar-refractivity contribution in [3.05, 3.63) is 52.4 Å². The third-order valence-corrected chi connectivity index (χ3v) is 7.42. The van der Waals surface area contributed by atoms with Crippen LogP contribution < -0.4 is 0 Å². The summed E-state index contributed by atoms with van der Waals surface area (Å²) in [6, 6.07) is 10.5. The molecule has 2 aromatic rings. The highest BCUT2D eigenvalue weighted by atomic mass is 32.1. The number of hydrogen-bond acceptors (Lipinski definition) is 4. The van der Waals surface area contributed by atoms with Crippen molar-refractivity contribution >= 4 is 23.4 Å². The summed E-state index contributed by atoms with van der Waals surface area (Å²) in [4.78, 5) is 13.4. The Morgan fingerprint density at radius 3 is 2.33 bits per heavy atom. The fourth-order valence-corrected chi connectivity index (χ4v) is 5.46. The predicted molar refractivity (Wildman–Crippen MR) is 139 cm³/mol. The van der Waals surface area contributed by atoms with E-state index >= 15 is 0 Å². The van der Waals surface area contributed by atoms with Gasteiger partial charge in [0.25, 0.3) is 0 Å². The van der Waals surface area contributed by atoms with Gasteiger partial charge in [0.05, 0.1) is 18.6 Å². The highest BCUT2D eigenvalue weighted by Gasteiger charge is 2.20. The molecule has 0 bridgehead atoms. The molecule has 4 nitrogen and oxygen atoms in total. The Hall–Kier alpha value is -1.95. The van der Waals surface area contributed by atoms with Gasteiger partial charge in [-0.2, -0.15) is 0 Å². The summed E-state index contributed by atoms with van der Waals surface area (Å²) in [5.41, 5.74) is 3.73. The van der Waals surface area contributed by atoms with Gasteiger partial charge in [0, 0.05) is 16.2 Å². The topological polar surface area (TPSA) is 77.8 Å². The molecule has 0 saturated heterocycles. The minimum atomic E-state index is -1.06. The van der Waals surface area contributed by atoms with Crippen molar-refractivity contribution in [1.82, 2.24) is 0 Å². The van der Waals surface area contributed by atoms with Crippen LogP contribution in [0, 0.1) is 0 Å². The molecule has 0 amide bonds. The zero-order chi connectivity index (χ0) is 24.2. The number of aliphatic hydroxyl groups excluding tert-OH is 2. The Balaban J connectivity index is 2.29. The van der Waals surface area contributed by atoms with Crippen molar-refractivity contribution in [3.8, 4) is 10.4 Å². The lowest BCUT2D eigenvalue weighted by Gasteiger charge is -2.12. The number of carboxylic acid groups (broad SMARTS) is 1. The first-order valence-electron chi connectivity index (χ1n) is 12.3. The van der Waals surface area contributed by atoms with Gasteiger partial charge in [-0.05, 0) is 35.4 Å². The van der Waals surface area contributed by atoms with Crippen LogP contribution in [0.1, 0.15) is 94.1 Å². The highest BCUT2D eigenvalue weighted by Crippen LogP contribution is 2.42. The molecule has 0 fully saturated rings. The molecule has 2 rings (SSSR count). The molecule has 3 N–H and O–H groups in total. The van der Waals surface area contributed by atoms with Crippen molar-refractivity contribution in [2.45, 2.75) is 96.7 Å². The second kappa shape index (κ2) is 14.3. The summed E-state index contributed by atoms with van der Waals surface area (Å²) >= 11 is 1.83. The number of benzene rings is 1. The highest BCUT2D eigenvalue weighted by molar-refractivity contribution is 7.16. The molecular weight excluding hydrogens is 432 g/mol. The number of carbonyl (C=O) groups is 1. The molecule has 182 valence electrons. The molecule has 1 aromatic heterocycles. The Bertz CT molecular complexity index is 870. The van der Waals surface area contributed by atoms with Crippen molar-refractivity contribution in [1.29, 1.82) is 0 Å². The first kappa shape index (κ1) is 27.3. The second-order valence-electron chi connectivity index (χ2n) is 9.14. The number of unbranched alkanes of at least 4 members (excludes halogenated alkanes) is 5. The molecule has 5 heteroatoms. The summed E-state index contributed by atoms with van der Waals surface area (Å²) in [5, 5.41) is 29.1. The van der Waals surface area contributed by atoms with Crippen LogP contribution in [0.3, 0.4) is 0 Å². The van der Waals surface area contributed by atoms with Crippen molar-refractivity contribution in [2.24, 2.45) is 0 Å². The van der Waals surface area contributed by atoms with Gasteiger partial charge in [0.15, 0.2) is 0 Å². The van der Waals surface area contributed by atoms with Crippen LogP contribution in [-0.4, -0.2) is 33.5 Å². The van der Waals surface area contributed by atoms with Crippen LogP contribution in [-0.2, 0) is 11.2 Å². The number of carboxylic acids is 1. The zero-order valence-corrected chi connectivity index (χ0v) is 21.1. The first-order chi connectivity index (χ1) is 15.8. The normalized spacial score (nSPS) is 13.6. The molecule has 1 aromatic carbocycles. The maximum Gasteiger partial charge on any atom is 0.305 e. The lowest BCUT2D eigenvalue weighted by molar-refractivity contribution is -0.139. The van der Waals surface area contributed by atoms with E-state index in [4.69, 9.17) is 5.11 Å². The first-order valence-corrected chi connectivity index (χ1v) is 13.1. The largest absolute Gasteiger partial charge is 0.481 e. The van der Waals surface area contributed by atoms with Gasteiger partial charge in [0.1, 0.15) is 0 Å². The van der Waals surface area contributed by atoms with E-state index in [1.54, 1.807) is 6.08 Å². The van der Waals surface area contributed by atoms with E-state index in [-0.39, 0.29) is 12.8 Å². The molecule has 1 heterocycles. The van der Waals surface area contributed by atoms with Gasteiger partial charge < -0.3 is 15.3 Å². The fourth-order valence-electron chi connectivity index (χ4n) is 4.11. The van der Waals surface area contributed by atoms with Crippen molar-refractivity contribution in [3.63, 3.8) is 0 Å². The van der Waals surface area contributed by atoms with Crippen LogP contribution in [0.2, 0.25) is 0 Å². The monoisotopic (exact) mass is 472 g/mol. The fraction of sp³-hybridized carbons (Fsp3) is 0.536. The van der Waals surface area contributed by atoms with E-state index < -0.39 is 18.2 Å². The average molecular weight is 473 g/mol. The summed E-state index contributed by atoms with van der Waals surface area (Å²) in [5.74, 6) is -0.711. The van der Waals surface area contributed by atoms with E-state index in [1.807, 2.05) is 23.5 Å². The van der Waals surface area contributed by atoms with E-state index in [0.717, 1.165) is 12.8 Å². The van der Waals surface area contributed by atoms with Crippen molar-refractivity contribution in [2.75, 3.05) is 0 Å². The maximum atomic E-state index is 10.8. The lowest BCUT2D eigenvalue weighted by Crippen LogP contribution is -2.19. The number of aliphatic carboxylic acids is 1. The minimum Gasteiger partial charge on any atom is -0.481 e. The SMILES string of the molecule is CCCCCCCCc1c(-c2ccccc2)sc(C(C)C)c1/C=C/[C@@H](O)C[C@@H](O)CC(=O)O. The van der Waals surface area contributed by atoms with Gasteiger partial charge in [-0.25, -0.2) is 0 Å². The van der Waals surface area contributed by atoms with E-state index in [0.29, 0.717) is 5.92 Å². The summed E-state index contributed by atoms with van der Waals surface area (Å²) in [6.07, 6.45) is 9.86. The molecule has 0 unspecified atom stereocenters. The number of hydrogen-bond donors (Lipinski definition) is 3. The van der Waals surface area contributed by atoms with Crippen LogP contribution in [0.25, 0.3) is 16.5 Å². The molecule has 33 heavy (non-hydrogen) atoms. The Morgan fingerprint density at radius 1 is 1.03 bits per heavy atom. The van der Waals surface area contributed by atoms with E-state index in [2.05, 4.69) is 45.0 Å². The summed E-state index contributed by atoms with van der Waals surface area (Å²) in [6.45, 7) is 6.62. The number of rotatable bonds is 15. The Morgan fingerprint density at radius 2 is 1.70 bits per heavy atom.